The molecule has 1 aromatic heterocycles. The molecule has 4 heteroatoms. The Morgan fingerprint density at radius 2 is 1.71 bits per heavy atom. The monoisotopic (exact) mass is 314 g/mol. The van der Waals surface area contributed by atoms with Crippen LogP contribution in [0.3, 0.4) is 0 Å². The third kappa shape index (κ3) is 2.77. The zero-order valence-corrected chi connectivity index (χ0v) is 12.8. The first-order valence-corrected chi connectivity index (χ1v) is 7.61. The molecule has 0 bridgehead atoms. The van der Waals surface area contributed by atoms with Crippen molar-refractivity contribution < 1.29 is 9.53 Å². The van der Waals surface area contributed by atoms with Crippen molar-refractivity contribution in [3.05, 3.63) is 84.1 Å². The molecule has 0 fully saturated rings. The van der Waals surface area contributed by atoms with E-state index in [4.69, 9.17) is 4.74 Å². The van der Waals surface area contributed by atoms with Crippen molar-refractivity contribution in [2.45, 2.75) is 0 Å². The molecule has 1 aliphatic heterocycles. The SMILES string of the molecule is O=C1Nc2ccccc2/C1=C\c1ccc(Oc2ccccc2)nc1. The summed E-state index contributed by atoms with van der Waals surface area (Å²) in [4.78, 5) is 16.4. The minimum atomic E-state index is -0.0965. The molecule has 1 N–H and O–H groups in total. The number of nitrogens with zero attached hydrogens (tertiary/aromatic N) is 1. The molecule has 24 heavy (non-hydrogen) atoms. The molecule has 4 rings (SSSR count). The first kappa shape index (κ1) is 14.2. The highest BCUT2D eigenvalue weighted by Crippen LogP contribution is 2.32. The number of rotatable bonds is 3. The Bertz CT molecular complexity index is 916. The molecule has 0 radical (unpaired) electrons. The maximum atomic E-state index is 12.1. The summed E-state index contributed by atoms with van der Waals surface area (Å²) in [5.74, 6) is 1.15. The van der Waals surface area contributed by atoms with E-state index in [1.165, 1.54) is 0 Å². The lowest BCUT2D eigenvalue weighted by Crippen LogP contribution is -2.03. The Balaban J connectivity index is 1.59. The predicted octanol–water partition coefficient (Wildman–Crippen LogP) is 4.37. The molecule has 2 aromatic carbocycles. The summed E-state index contributed by atoms with van der Waals surface area (Å²) in [5.41, 5.74) is 3.24. The lowest BCUT2D eigenvalue weighted by molar-refractivity contribution is -0.110. The van der Waals surface area contributed by atoms with E-state index in [9.17, 15) is 4.79 Å². The van der Waals surface area contributed by atoms with Gasteiger partial charge in [0.2, 0.25) is 5.88 Å². The number of pyridine rings is 1. The molecule has 1 aliphatic rings. The quantitative estimate of drug-likeness (QED) is 0.730. The minimum absolute atomic E-state index is 0.0965. The highest BCUT2D eigenvalue weighted by atomic mass is 16.5. The van der Waals surface area contributed by atoms with Gasteiger partial charge in [0.15, 0.2) is 0 Å². The van der Waals surface area contributed by atoms with Gasteiger partial charge in [-0.25, -0.2) is 4.98 Å². The van der Waals surface area contributed by atoms with E-state index in [0.717, 1.165) is 22.6 Å². The largest absolute Gasteiger partial charge is 0.439 e. The Morgan fingerprint density at radius 3 is 2.50 bits per heavy atom. The number of nitrogens with one attached hydrogen (secondary N) is 1. The number of carbonyl (C=O) groups is 1. The van der Waals surface area contributed by atoms with E-state index in [1.54, 1.807) is 12.3 Å². The predicted molar refractivity (Wildman–Crippen MR) is 93.7 cm³/mol. The molecular formula is C20H14N2O2. The number of amides is 1. The van der Waals surface area contributed by atoms with Gasteiger partial charge in [0, 0.05) is 29.1 Å². The van der Waals surface area contributed by atoms with Crippen molar-refractivity contribution in [2.75, 3.05) is 5.32 Å². The number of carbonyl (C=O) groups excluding carboxylic acids is 1. The van der Waals surface area contributed by atoms with Gasteiger partial charge in [-0.05, 0) is 35.9 Å². The molecule has 0 unspecified atom stereocenters. The summed E-state index contributed by atoms with van der Waals surface area (Å²) in [6.45, 7) is 0. The van der Waals surface area contributed by atoms with Gasteiger partial charge in [-0.1, -0.05) is 36.4 Å². The number of hydrogen-bond acceptors (Lipinski definition) is 3. The standard InChI is InChI=1S/C20H14N2O2/c23-20-17(16-8-4-5-9-18(16)22-20)12-14-10-11-19(21-13-14)24-15-6-2-1-3-7-15/h1-13H,(H,22,23)/b17-12+. The number of para-hydroxylation sites is 2. The van der Waals surface area contributed by atoms with Crippen LogP contribution in [0.1, 0.15) is 11.1 Å². The van der Waals surface area contributed by atoms with E-state index >= 15 is 0 Å². The van der Waals surface area contributed by atoms with Gasteiger partial charge in [0.05, 0.1) is 0 Å². The van der Waals surface area contributed by atoms with Gasteiger partial charge in [-0.3, -0.25) is 4.79 Å². The van der Waals surface area contributed by atoms with Crippen LogP contribution in [0.5, 0.6) is 11.6 Å². The Hall–Kier alpha value is -3.40. The Kier molecular flexibility index (Phi) is 3.56. The molecular weight excluding hydrogens is 300 g/mol. The first-order valence-electron chi connectivity index (χ1n) is 7.61. The highest BCUT2D eigenvalue weighted by molar-refractivity contribution is 6.34. The van der Waals surface area contributed by atoms with Crippen LogP contribution in [0.15, 0.2) is 72.9 Å². The fourth-order valence-electron chi connectivity index (χ4n) is 2.60. The van der Waals surface area contributed by atoms with Gasteiger partial charge in [-0.2, -0.15) is 0 Å². The summed E-state index contributed by atoms with van der Waals surface area (Å²) < 4.78 is 5.67. The fourth-order valence-corrected chi connectivity index (χ4v) is 2.60. The fraction of sp³-hybridized carbons (Fsp3) is 0. The van der Waals surface area contributed by atoms with Gasteiger partial charge in [0.1, 0.15) is 5.75 Å². The molecule has 0 saturated heterocycles. The van der Waals surface area contributed by atoms with Crippen molar-refractivity contribution in [3.8, 4) is 11.6 Å². The third-order valence-corrected chi connectivity index (χ3v) is 3.75. The number of hydrogen-bond donors (Lipinski definition) is 1. The third-order valence-electron chi connectivity index (χ3n) is 3.75. The molecule has 0 aliphatic carbocycles. The van der Waals surface area contributed by atoms with Gasteiger partial charge in [-0.15, -0.1) is 0 Å². The van der Waals surface area contributed by atoms with Crippen LogP contribution >= 0.6 is 0 Å². The molecule has 0 atom stereocenters. The topological polar surface area (TPSA) is 51.2 Å². The second-order valence-electron chi connectivity index (χ2n) is 5.40. The number of ether oxygens (including phenoxy) is 1. The Labute approximate surface area is 139 Å². The average molecular weight is 314 g/mol. The number of benzene rings is 2. The normalized spacial score (nSPS) is 14.3. The zero-order valence-electron chi connectivity index (χ0n) is 12.8. The van der Waals surface area contributed by atoms with Crippen LogP contribution in [0, 0.1) is 0 Å². The maximum absolute atomic E-state index is 12.1. The maximum Gasteiger partial charge on any atom is 0.256 e. The van der Waals surface area contributed by atoms with Crippen molar-refractivity contribution in [2.24, 2.45) is 0 Å². The number of anilines is 1. The van der Waals surface area contributed by atoms with Gasteiger partial charge >= 0.3 is 0 Å². The lowest BCUT2D eigenvalue weighted by atomic mass is 10.1. The summed E-state index contributed by atoms with van der Waals surface area (Å²) >= 11 is 0. The van der Waals surface area contributed by atoms with E-state index in [-0.39, 0.29) is 5.91 Å². The van der Waals surface area contributed by atoms with Crippen molar-refractivity contribution in [1.82, 2.24) is 4.98 Å². The van der Waals surface area contributed by atoms with E-state index in [2.05, 4.69) is 10.3 Å². The van der Waals surface area contributed by atoms with Crippen LogP contribution in [-0.4, -0.2) is 10.9 Å². The molecule has 4 nitrogen and oxygen atoms in total. The second kappa shape index (κ2) is 6.01. The highest BCUT2D eigenvalue weighted by Gasteiger charge is 2.23. The number of fused-ring (bicyclic) bond motifs is 1. The summed E-state index contributed by atoms with van der Waals surface area (Å²) in [5, 5.41) is 2.86. The Morgan fingerprint density at radius 1 is 0.917 bits per heavy atom. The molecule has 3 aromatic rings. The molecule has 116 valence electrons. The van der Waals surface area contributed by atoms with Crippen molar-refractivity contribution >= 4 is 23.2 Å². The van der Waals surface area contributed by atoms with Crippen LogP contribution in [0.2, 0.25) is 0 Å². The number of aromatic nitrogens is 1. The smallest absolute Gasteiger partial charge is 0.256 e. The van der Waals surface area contributed by atoms with E-state index in [1.807, 2.05) is 66.7 Å². The second-order valence-corrected chi connectivity index (χ2v) is 5.40. The first-order chi connectivity index (χ1) is 11.8. The average Bonchev–Trinajstić information content (AvgIpc) is 2.93. The van der Waals surface area contributed by atoms with E-state index < -0.39 is 0 Å². The van der Waals surface area contributed by atoms with Gasteiger partial charge in [0.25, 0.3) is 5.91 Å². The van der Waals surface area contributed by atoms with Crippen molar-refractivity contribution in [1.29, 1.82) is 0 Å². The van der Waals surface area contributed by atoms with Crippen LogP contribution in [0.25, 0.3) is 11.6 Å². The lowest BCUT2D eigenvalue weighted by Gasteiger charge is -2.04. The molecule has 1 amide bonds. The zero-order chi connectivity index (χ0) is 16.4. The van der Waals surface area contributed by atoms with Crippen LogP contribution in [-0.2, 0) is 4.79 Å². The summed E-state index contributed by atoms with van der Waals surface area (Å²) in [6.07, 6.45) is 3.53. The van der Waals surface area contributed by atoms with Gasteiger partial charge < -0.3 is 10.1 Å². The minimum Gasteiger partial charge on any atom is -0.439 e. The molecule has 2 heterocycles. The summed E-state index contributed by atoms with van der Waals surface area (Å²) in [7, 11) is 0. The van der Waals surface area contributed by atoms with E-state index in [0.29, 0.717) is 11.5 Å². The summed E-state index contributed by atoms with van der Waals surface area (Å²) in [6, 6.07) is 20.8. The van der Waals surface area contributed by atoms with Crippen LogP contribution < -0.4 is 10.1 Å². The molecule has 0 spiro atoms. The van der Waals surface area contributed by atoms with Crippen molar-refractivity contribution in [3.63, 3.8) is 0 Å². The molecule has 0 saturated carbocycles. The van der Waals surface area contributed by atoms with Crippen LogP contribution in [0.4, 0.5) is 5.69 Å².